The zero-order valence-corrected chi connectivity index (χ0v) is 18.4. The van der Waals surface area contributed by atoms with Gasteiger partial charge in [-0.15, -0.1) is 10.2 Å². The first-order valence-corrected chi connectivity index (χ1v) is 11.8. The van der Waals surface area contributed by atoms with Crippen LogP contribution in [-0.4, -0.2) is 50.5 Å². The molecule has 9 nitrogen and oxygen atoms in total. The minimum absolute atomic E-state index is 0.103. The van der Waals surface area contributed by atoms with Crippen molar-refractivity contribution < 1.29 is 14.4 Å². The summed E-state index contributed by atoms with van der Waals surface area (Å²) in [5, 5.41) is 14.2. The normalized spacial score (nSPS) is 16.9. The number of urea groups is 1. The minimum Gasteiger partial charge on any atom is -0.346 e. The Morgan fingerprint density at radius 3 is 2.72 bits per heavy atom. The number of aromatic nitrogens is 3. The topological polar surface area (TPSA) is 109 Å². The summed E-state index contributed by atoms with van der Waals surface area (Å²) in [5.74, 6) is 0.958. The zero-order valence-electron chi connectivity index (χ0n) is 17.6. The van der Waals surface area contributed by atoms with Crippen LogP contribution in [0.2, 0.25) is 0 Å². The van der Waals surface area contributed by atoms with Crippen molar-refractivity contribution in [1.82, 2.24) is 25.2 Å². The molecule has 32 heavy (non-hydrogen) atoms. The average molecular weight is 453 g/mol. The Labute approximate surface area is 189 Å². The Kier molecular flexibility index (Phi) is 6.69. The summed E-state index contributed by atoms with van der Waals surface area (Å²) in [6.45, 7) is 0. The molecule has 1 fully saturated rings. The van der Waals surface area contributed by atoms with Crippen molar-refractivity contribution in [2.45, 2.75) is 31.3 Å². The first kappa shape index (κ1) is 21.8. The van der Waals surface area contributed by atoms with Gasteiger partial charge in [-0.05, 0) is 49.1 Å². The van der Waals surface area contributed by atoms with Crippen LogP contribution in [-0.2, 0) is 9.59 Å². The number of rotatable bonds is 9. The number of imide groups is 1. The number of pyridine rings is 1. The van der Waals surface area contributed by atoms with Gasteiger partial charge in [0.05, 0.1) is 11.7 Å². The lowest BCUT2D eigenvalue weighted by Crippen LogP contribution is -2.34. The van der Waals surface area contributed by atoms with Crippen molar-refractivity contribution >= 4 is 40.9 Å². The quantitative estimate of drug-likeness (QED) is 0.483. The van der Waals surface area contributed by atoms with Gasteiger partial charge in [0.2, 0.25) is 5.91 Å². The molecule has 2 atom stereocenters. The van der Waals surface area contributed by atoms with Crippen LogP contribution < -0.4 is 15.5 Å². The second-order valence-electron chi connectivity index (χ2n) is 7.44. The molecule has 0 radical (unpaired) electrons. The number of anilines is 1. The van der Waals surface area contributed by atoms with E-state index in [9.17, 15) is 14.4 Å². The Bertz CT molecular complexity index is 1120. The summed E-state index contributed by atoms with van der Waals surface area (Å²) in [7, 11) is 0. The van der Waals surface area contributed by atoms with Crippen LogP contribution in [0.15, 0.2) is 54.7 Å². The lowest BCUT2D eigenvalue weighted by molar-refractivity contribution is -0.122. The third-order valence-electron chi connectivity index (χ3n) is 5.29. The highest BCUT2D eigenvalue weighted by Crippen LogP contribution is 2.22. The second-order valence-corrected chi connectivity index (χ2v) is 8.42. The molecular formula is C22H24N6O3S. The van der Waals surface area contributed by atoms with E-state index in [1.54, 1.807) is 36.0 Å². The largest absolute Gasteiger partial charge is 0.346 e. The van der Waals surface area contributed by atoms with E-state index in [-0.39, 0.29) is 30.7 Å². The fraction of sp³-hybridized carbons (Fsp3) is 0.318. The predicted molar refractivity (Wildman–Crippen MR) is 122 cm³/mol. The number of nitrogens with zero attached hydrogens (tertiary/aromatic N) is 4. The minimum atomic E-state index is -0.730. The number of benzene rings is 1. The Morgan fingerprint density at radius 1 is 1.16 bits per heavy atom. The average Bonchev–Trinajstić information content (AvgIpc) is 3.36. The van der Waals surface area contributed by atoms with Crippen molar-refractivity contribution in [3.63, 3.8) is 0 Å². The number of hydrogen-bond acceptors (Lipinski definition) is 6. The first-order valence-electron chi connectivity index (χ1n) is 10.4. The van der Waals surface area contributed by atoms with Gasteiger partial charge in [0, 0.05) is 12.6 Å². The van der Waals surface area contributed by atoms with E-state index in [2.05, 4.69) is 20.8 Å². The first-order chi connectivity index (χ1) is 15.6. The Morgan fingerprint density at radius 2 is 1.94 bits per heavy atom. The molecule has 1 aliphatic rings. The molecule has 0 aliphatic carbocycles. The van der Waals surface area contributed by atoms with E-state index in [0.29, 0.717) is 23.6 Å². The molecule has 3 heterocycles. The van der Waals surface area contributed by atoms with Crippen LogP contribution in [0.25, 0.3) is 5.65 Å². The summed E-state index contributed by atoms with van der Waals surface area (Å²) in [5.41, 5.74) is 1.23. The fourth-order valence-electron chi connectivity index (χ4n) is 3.69. The SMILES string of the molecule is CSCC[C@H](NC(=O)CC[C@@H]1NC(=O)N(c2ccccc2)C1=O)c1nnc2ccccn12. The van der Waals surface area contributed by atoms with E-state index in [0.717, 1.165) is 10.7 Å². The number of carbonyl (C=O) groups excluding carboxylic acids is 3. The molecule has 3 aromatic rings. The van der Waals surface area contributed by atoms with Crippen LogP contribution in [0.1, 0.15) is 31.1 Å². The van der Waals surface area contributed by atoms with Crippen molar-refractivity contribution in [3.05, 3.63) is 60.6 Å². The number of thioether (sulfide) groups is 1. The highest BCUT2D eigenvalue weighted by molar-refractivity contribution is 7.98. The number of fused-ring (bicyclic) bond motifs is 1. The molecule has 4 rings (SSSR count). The van der Waals surface area contributed by atoms with Gasteiger partial charge in [-0.2, -0.15) is 11.8 Å². The van der Waals surface area contributed by atoms with E-state index in [1.165, 1.54) is 0 Å². The van der Waals surface area contributed by atoms with Crippen LogP contribution in [0.3, 0.4) is 0 Å². The summed E-state index contributed by atoms with van der Waals surface area (Å²) in [6.07, 6.45) is 4.90. The molecule has 4 amide bonds. The molecule has 1 aromatic carbocycles. The summed E-state index contributed by atoms with van der Waals surface area (Å²) in [6, 6.07) is 12.9. The van der Waals surface area contributed by atoms with Crippen LogP contribution in [0.5, 0.6) is 0 Å². The molecule has 0 unspecified atom stereocenters. The predicted octanol–water partition coefficient (Wildman–Crippen LogP) is 2.54. The van der Waals surface area contributed by atoms with Crippen LogP contribution >= 0.6 is 11.8 Å². The van der Waals surface area contributed by atoms with Gasteiger partial charge in [0.1, 0.15) is 6.04 Å². The third-order valence-corrected chi connectivity index (χ3v) is 5.94. The van der Waals surface area contributed by atoms with E-state index < -0.39 is 12.1 Å². The van der Waals surface area contributed by atoms with Gasteiger partial charge in [-0.25, -0.2) is 9.69 Å². The van der Waals surface area contributed by atoms with E-state index in [1.807, 2.05) is 41.1 Å². The number of nitrogens with one attached hydrogen (secondary N) is 2. The highest BCUT2D eigenvalue weighted by atomic mass is 32.2. The summed E-state index contributed by atoms with van der Waals surface area (Å²) in [4.78, 5) is 38.9. The monoisotopic (exact) mass is 452 g/mol. The lowest BCUT2D eigenvalue weighted by atomic mass is 10.1. The van der Waals surface area contributed by atoms with Gasteiger partial charge < -0.3 is 10.6 Å². The molecule has 0 saturated carbocycles. The maximum atomic E-state index is 12.7. The number of hydrogen-bond donors (Lipinski definition) is 2. The highest BCUT2D eigenvalue weighted by Gasteiger charge is 2.39. The third kappa shape index (κ3) is 4.59. The van der Waals surface area contributed by atoms with Crippen LogP contribution in [0, 0.1) is 0 Å². The van der Waals surface area contributed by atoms with Crippen molar-refractivity contribution in [2.24, 2.45) is 0 Å². The molecule has 10 heteroatoms. The van der Waals surface area contributed by atoms with Gasteiger partial charge in [-0.3, -0.25) is 14.0 Å². The van der Waals surface area contributed by atoms with Crippen molar-refractivity contribution in [2.75, 3.05) is 16.9 Å². The smallest absolute Gasteiger partial charge is 0.329 e. The van der Waals surface area contributed by atoms with Gasteiger partial charge >= 0.3 is 6.03 Å². The number of amides is 4. The number of carbonyl (C=O) groups is 3. The summed E-state index contributed by atoms with van der Waals surface area (Å²) >= 11 is 1.69. The van der Waals surface area contributed by atoms with Gasteiger partial charge in [0.25, 0.3) is 5.91 Å². The Balaban J connectivity index is 1.39. The zero-order chi connectivity index (χ0) is 22.5. The molecule has 1 aliphatic heterocycles. The van der Waals surface area contributed by atoms with Gasteiger partial charge in [0.15, 0.2) is 11.5 Å². The molecule has 0 bridgehead atoms. The van der Waals surface area contributed by atoms with E-state index in [4.69, 9.17) is 0 Å². The molecule has 2 N–H and O–H groups in total. The molecular weight excluding hydrogens is 428 g/mol. The second kappa shape index (κ2) is 9.82. The molecule has 166 valence electrons. The molecule has 2 aromatic heterocycles. The lowest BCUT2D eigenvalue weighted by Gasteiger charge is -2.17. The summed E-state index contributed by atoms with van der Waals surface area (Å²) < 4.78 is 1.86. The van der Waals surface area contributed by atoms with Crippen molar-refractivity contribution in [1.29, 1.82) is 0 Å². The maximum absolute atomic E-state index is 12.7. The van der Waals surface area contributed by atoms with Crippen LogP contribution in [0.4, 0.5) is 10.5 Å². The number of para-hydroxylation sites is 1. The van der Waals surface area contributed by atoms with Gasteiger partial charge in [-0.1, -0.05) is 24.3 Å². The fourth-order valence-corrected chi connectivity index (χ4v) is 4.16. The standard InChI is InChI=1S/C22H24N6O3S/c1-32-14-12-16(20-26-25-18-9-5-6-13-27(18)20)23-19(29)11-10-17-21(30)28(22(31)24-17)15-7-3-2-4-8-15/h2-9,13,16-17H,10-12,14H2,1H3,(H,23,29)(H,24,31)/t16-,17-/m0/s1. The maximum Gasteiger partial charge on any atom is 0.329 e. The van der Waals surface area contributed by atoms with Crippen molar-refractivity contribution in [3.8, 4) is 0 Å². The van der Waals surface area contributed by atoms with E-state index >= 15 is 0 Å². The molecule has 0 spiro atoms. The molecule has 1 saturated heterocycles. The Hall–Kier alpha value is -3.40.